The predicted molar refractivity (Wildman–Crippen MR) is 102 cm³/mol. The number of para-hydroxylation sites is 1. The van der Waals surface area contributed by atoms with Crippen LogP contribution in [0.2, 0.25) is 0 Å². The van der Waals surface area contributed by atoms with Gasteiger partial charge < -0.3 is 9.55 Å². The molecule has 8 heteroatoms. The van der Waals surface area contributed by atoms with Crippen molar-refractivity contribution in [1.82, 2.24) is 14.5 Å². The van der Waals surface area contributed by atoms with Crippen LogP contribution in [0.15, 0.2) is 52.1 Å². The summed E-state index contributed by atoms with van der Waals surface area (Å²) in [4.78, 5) is 43.1. The zero-order chi connectivity index (χ0) is 18.3. The third-order valence-electron chi connectivity index (χ3n) is 4.07. The summed E-state index contributed by atoms with van der Waals surface area (Å²) in [6.07, 6.45) is 0. The number of amides is 1. The standard InChI is InChI=1S/C18H14N4O3S/c1-2-22-13-8-7-10(9-12(13)19-16(24)17(22)25)15(23)21-18-20-11-5-3-4-6-14(11)26-18/h3-9H,2H2,1H3,(H,19,24)(H,20,21,23). The highest BCUT2D eigenvalue weighted by molar-refractivity contribution is 7.22. The molecular weight excluding hydrogens is 352 g/mol. The Kier molecular flexibility index (Phi) is 3.89. The molecule has 0 bridgehead atoms. The number of carbonyl (C=O) groups is 1. The molecule has 0 atom stereocenters. The first-order valence-corrected chi connectivity index (χ1v) is 8.82. The lowest BCUT2D eigenvalue weighted by Gasteiger charge is -2.08. The molecule has 0 aliphatic carbocycles. The van der Waals surface area contributed by atoms with Gasteiger partial charge in [-0.3, -0.25) is 19.7 Å². The third-order valence-corrected chi connectivity index (χ3v) is 5.02. The number of hydrogen-bond donors (Lipinski definition) is 2. The molecule has 0 saturated carbocycles. The maximum Gasteiger partial charge on any atom is 0.316 e. The zero-order valence-electron chi connectivity index (χ0n) is 13.8. The van der Waals surface area contributed by atoms with E-state index in [2.05, 4.69) is 15.3 Å². The molecular formula is C18H14N4O3S. The van der Waals surface area contributed by atoms with Crippen LogP contribution < -0.4 is 16.4 Å². The highest BCUT2D eigenvalue weighted by atomic mass is 32.1. The zero-order valence-corrected chi connectivity index (χ0v) is 14.6. The van der Waals surface area contributed by atoms with Crippen LogP contribution in [-0.2, 0) is 6.54 Å². The number of aryl methyl sites for hydroxylation is 1. The van der Waals surface area contributed by atoms with Gasteiger partial charge in [-0.2, -0.15) is 0 Å². The molecule has 2 aromatic carbocycles. The van der Waals surface area contributed by atoms with Gasteiger partial charge >= 0.3 is 11.1 Å². The molecule has 130 valence electrons. The van der Waals surface area contributed by atoms with Gasteiger partial charge in [0.05, 0.1) is 21.3 Å². The summed E-state index contributed by atoms with van der Waals surface area (Å²) in [5.41, 5.74) is 0.896. The van der Waals surface area contributed by atoms with E-state index in [1.54, 1.807) is 25.1 Å². The minimum atomic E-state index is -0.705. The largest absolute Gasteiger partial charge is 0.316 e. The minimum absolute atomic E-state index is 0.332. The summed E-state index contributed by atoms with van der Waals surface area (Å²) in [7, 11) is 0. The topological polar surface area (TPSA) is 96.9 Å². The molecule has 7 nitrogen and oxygen atoms in total. The van der Waals surface area contributed by atoms with E-state index < -0.39 is 11.1 Å². The molecule has 2 heterocycles. The quantitative estimate of drug-likeness (QED) is 0.545. The smallest absolute Gasteiger partial charge is 0.316 e. The van der Waals surface area contributed by atoms with Crippen LogP contribution in [0.1, 0.15) is 17.3 Å². The van der Waals surface area contributed by atoms with Gasteiger partial charge in [-0.15, -0.1) is 0 Å². The van der Waals surface area contributed by atoms with Crippen molar-refractivity contribution in [3.05, 3.63) is 68.7 Å². The van der Waals surface area contributed by atoms with Crippen molar-refractivity contribution in [3.8, 4) is 0 Å². The fourth-order valence-electron chi connectivity index (χ4n) is 2.83. The van der Waals surface area contributed by atoms with E-state index in [0.717, 1.165) is 10.2 Å². The average molecular weight is 366 g/mol. The van der Waals surface area contributed by atoms with E-state index in [4.69, 9.17) is 0 Å². The average Bonchev–Trinajstić information content (AvgIpc) is 3.04. The third kappa shape index (κ3) is 2.70. The highest BCUT2D eigenvalue weighted by Gasteiger charge is 2.12. The molecule has 0 fully saturated rings. The highest BCUT2D eigenvalue weighted by Crippen LogP contribution is 2.26. The van der Waals surface area contributed by atoms with Crippen LogP contribution in [0.4, 0.5) is 5.13 Å². The lowest BCUT2D eigenvalue weighted by atomic mass is 10.1. The molecule has 4 rings (SSSR count). The number of hydrogen-bond acceptors (Lipinski definition) is 5. The van der Waals surface area contributed by atoms with E-state index in [1.165, 1.54) is 15.9 Å². The van der Waals surface area contributed by atoms with Gasteiger partial charge in [0.25, 0.3) is 5.91 Å². The number of aromatic amines is 1. The van der Waals surface area contributed by atoms with Crippen molar-refractivity contribution in [2.45, 2.75) is 13.5 Å². The van der Waals surface area contributed by atoms with Gasteiger partial charge in [0, 0.05) is 12.1 Å². The fourth-order valence-corrected chi connectivity index (χ4v) is 3.69. The number of carbonyl (C=O) groups excluding carboxylic acids is 1. The van der Waals surface area contributed by atoms with Crippen molar-refractivity contribution in [2.75, 3.05) is 5.32 Å². The number of nitrogens with one attached hydrogen (secondary N) is 2. The number of anilines is 1. The van der Waals surface area contributed by atoms with Gasteiger partial charge in [0.15, 0.2) is 5.13 Å². The SMILES string of the molecule is CCn1c(=O)c(=O)[nH]c2cc(C(=O)Nc3nc4ccccc4s3)ccc21. The van der Waals surface area contributed by atoms with E-state index in [1.807, 2.05) is 24.3 Å². The number of rotatable bonds is 3. The number of benzene rings is 2. The molecule has 0 radical (unpaired) electrons. The molecule has 4 aromatic rings. The fraction of sp³-hybridized carbons (Fsp3) is 0.111. The second kappa shape index (κ2) is 6.23. The first-order valence-electron chi connectivity index (χ1n) is 8.00. The Bertz CT molecular complexity index is 1240. The van der Waals surface area contributed by atoms with Crippen LogP contribution in [0, 0.1) is 0 Å². The Balaban J connectivity index is 1.71. The minimum Gasteiger partial charge on any atom is -0.316 e. The Morgan fingerprint density at radius 2 is 2.04 bits per heavy atom. The maximum atomic E-state index is 12.5. The molecule has 0 saturated heterocycles. The number of fused-ring (bicyclic) bond motifs is 2. The molecule has 0 aliphatic rings. The Hall–Kier alpha value is -3.26. The van der Waals surface area contributed by atoms with Crippen molar-refractivity contribution >= 4 is 43.6 Å². The molecule has 1 amide bonds. The van der Waals surface area contributed by atoms with Gasteiger partial charge in [0.1, 0.15) is 0 Å². The first-order chi connectivity index (χ1) is 12.6. The number of H-pyrrole nitrogens is 1. The van der Waals surface area contributed by atoms with Crippen LogP contribution in [0.25, 0.3) is 21.3 Å². The van der Waals surface area contributed by atoms with E-state index >= 15 is 0 Å². The number of thiazole rings is 1. The van der Waals surface area contributed by atoms with Crippen molar-refractivity contribution in [3.63, 3.8) is 0 Å². The Morgan fingerprint density at radius 1 is 1.23 bits per heavy atom. The number of nitrogens with zero attached hydrogens (tertiary/aromatic N) is 2. The first kappa shape index (κ1) is 16.2. The summed E-state index contributed by atoms with van der Waals surface area (Å²) in [6.45, 7) is 2.16. The molecule has 0 aliphatic heterocycles. The summed E-state index contributed by atoms with van der Waals surface area (Å²) in [6, 6.07) is 12.5. The Morgan fingerprint density at radius 3 is 2.81 bits per heavy atom. The van der Waals surface area contributed by atoms with Gasteiger partial charge in [0.2, 0.25) is 0 Å². The summed E-state index contributed by atoms with van der Waals surface area (Å²) >= 11 is 1.39. The van der Waals surface area contributed by atoms with Crippen molar-refractivity contribution in [2.24, 2.45) is 0 Å². The lowest BCUT2D eigenvalue weighted by molar-refractivity contribution is 0.102. The molecule has 2 aromatic heterocycles. The molecule has 2 N–H and O–H groups in total. The van der Waals surface area contributed by atoms with Crippen LogP contribution >= 0.6 is 11.3 Å². The molecule has 0 unspecified atom stereocenters. The number of aromatic nitrogens is 3. The summed E-state index contributed by atoms with van der Waals surface area (Å²) in [5.74, 6) is -0.332. The van der Waals surface area contributed by atoms with Crippen molar-refractivity contribution < 1.29 is 4.79 Å². The molecule has 0 spiro atoms. The molecule has 26 heavy (non-hydrogen) atoms. The van der Waals surface area contributed by atoms with E-state index in [9.17, 15) is 14.4 Å². The van der Waals surface area contributed by atoms with Crippen LogP contribution in [0.5, 0.6) is 0 Å². The van der Waals surface area contributed by atoms with Crippen molar-refractivity contribution in [1.29, 1.82) is 0 Å². The summed E-state index contributed by atoms with van der Waals surface area (Å²) < 4.78 is 2.36. The van der Waals surface area contributed by atoms with E-state index in [-0.39, 0.29) is 5.91 Å². The normalized spacial score (nSPS) is 11.1. The monoisotopic (exact) mass is 366 g/mol. The lowest BCUT2D eigenvalue weighted by Crippen LogP contribution is -2.36. The second-order valence-corrected chi connectivity index (χ2v) is 6.71. The van der Waals surface area contributed by atoms with Crippen LogP contribution in [-0.4, -0.2) is 20.4 Å². The van der Waals surface area contributed by atoms with Gasteiger partial charge in [-0.25, -0.2) is 4.98 Å². The van der Waals surface area contributed by atoms with Gasteiger partial charge in [-0.1, -0.05) is 23.5 Å². The predicted octanol–water partition coefficient (Wildman–Crippen LogP) is 2.57. The second-order valence-electron chi connectivity index (χ2n) is 5.68. The summed E-state index contributed by atoms with van der Waals surface area (Å²) in [5, 5.41) is 3.28. The van der Waals surface area contributed by atoms with Crippen LogP contribution in [0.3, 0.4) is 0 Å². The maximum absolute atomic E-state index is 12.5. The van der Waals surface area contributed by atoms with Gasteiger partial charge in [-0.05, 0) is 37.3 Å². The Labute approximate surface area is 150 Å². The van der Waals surface area contributed by atoms with E-state index in [0.29, 0.717) is 28.3 Å².